The predicted molar refractivity (Wildman–Crippen MR) is 119 cm³/mol. The lowest BCUT2D eigenvalue weighted by molar-refractivity contribution is 0.264. The highest BCUT2D eigenvalue weighted by Crippen LogP contribution is 2.33. The molecular weight excluding hydrogens is 464 g/mol. The Kier molecular flexibility index (Phi) is 7.79. The van der Waals surface area contributed by atoms with E-state index in [1.807, 2.05) is 13.0 Å². The van der Waals surface area contributed by atoms with Gasteiger partial charge in [-0.15, -0.1) is 12.4 Å². The Morgan fingerprint density at radius 1 is 1.14 bits per heavy atom. The maximum absolute atomic E-state index is 13.2. The molecule has 2 aromatic carbocycles. The third kappa shape index (κ3) is 5.00. The Morgan fingerprint density at radius 2 is 1.82 bits per heavy atom. The number of hydrogen-bond donors (Lipinski definition) is 1. The Hall–Kier alpha value is -1.28. The van der Waals surface area contributed by atoms with E-state index in [-0.39, 0.29) is 22.2 Å². The molecule has 0 aliphatic carbocycles. The molecule has 0 spiro atoms. The maximum atomic E-state index is 13.2. The zero-order chi connectivity index (χ0) is 19.6. The van der Waals surface area contributed by atoms with Crippen LogP contribution in [0.5, 0.6) is 5.75 Å². The van der Waals surface area contributed by atoms with Gasteiger partial charge in [0, 0.05) is 16.2 Å². The molecule has 1 aliphatic heterocycles. The third-order valence-electron chi connectivity index (χ3n) is 5.01. The summed E-state index contributed by atoms with van der Waals surface area (Å²) in [5.74, 6) is 0.337. The molecule has 8 heteroatoms. The Morgan fingerprint density at radius 3 is 2.46 bits per heavy atom. The molecule has 0 bridgehead atoms. The monoisotopic (exact) mass is 488 g/mol. The number of halogens is 2. The van der Waals surface area contributed by atoms with Crippen LogP contribution in [0.15, 0.2) is 50.7 Å². The number of rotatable bonds is 5. The number of methoxy groups -OCH3 is 1. The summed E-state index contributed by atoms with van der Waals surface area (Å²) in [4.78, 5) is 2.74. The number of benzene rings is 2. The van der Waals surface area contributed by atoms with Crippen LogP contribution in [0, 0.1) is 6.92 Å². The van der Waals surface area contributed by atoms with E-state index in [1.165, 1.54) is 7.11 Å². The number of ether oxygens (including phenoxy) is 1. The third-order valence-corrected chi connectivity index (χ3v) is 7.28. The molecule has 0 amide bonds. The summed E-state index contributed by atoms with van der Waals surface area (Å²) in [6.45, 7) is 4.08. The Balaban J connectivity index is 0.00000280. The van der Waals surface area contributed by atoms with Gasteiger partial charge in [0.2, 0.25) is 9.84 Å². The number of likely N-dealkylation sites (tertiary alicyclic amines) is 1. The second-order valence-corrected chi connectivity index (χ2v) is 9.83. The lowest BCUT2D eigenvalue weighted by atomic mass is 10.0. The fraction of sp³-hybridized carbons (Fsp3) is 0.400. The topological polar surface area (TPSA) is 58.6 Å². The van der Waals surface area contributed by atoms with Gasteiger partial charge in [-0.1, -0.05) is 22.0 Å². The number of hydrogen-bond acceptors (Lipinski definition) is 5. The van der Waals surface area contributed by atoms with Crippen LogP contribution < -0.4 is 10.1 Å². The summed E-state index contributed by atoms with van der Waals surface area (Å²) < 4.78 is 32.4. The Bertz CT molecular complexity index is 929. The van der Waals surface area contributed by atoms with Crippen molar-refractivity contribution in [1.29, 1.82) is 0 Å². The maximum Gasteiger partial charge on any atom is 0.210 e. The van der Waals surface area contributed by atoms with Crippen molar-refractivity contribution in [3.8, 4) is 5.75 Å². The minimum absolute atomic E-state index is 0. The first-order valence-electron chi connectivity index (χ1n) is 8.95. The van der Waals surface area contributed by atoms with E-state index in [0.717, 1.165) is 37.2 Å². The first-order chi connectivity index (χ1) is 12.8. The second-order valence-electron chi connectivity index (χ2n) is 7.00. The van der Waals surface area contributed by atoms with Crippen molar-refractivity contribution in [1.82, 2.24) is 4.90 Å². The quantitative estimate of drug-likeness (QED) is 0.669. The molecule has 28 heavy (non-hydrogen) atoms. The zero-order valence-electron chi connectivity index (χ0n) is 16.2. The van der Waals surface area contributed by atoms with Crippen LogP contribution in [-0.4, -0.2) is 46.6 Å². The van der Waals surface area contributed by atoms with Crippen molar-refractivity contribution in [2.45, 2.75) is 35.6 Å². The number of anilines is 1. The largest absolute Gasteiger partial charge is 0.495 e. The highest BCUT2D eigenvalue weighted by Gasteiger charge is 2.24. The van der Waals surface area contributed by atoms with Crippen molar-refractivity contribution in [3.05, 3.63) is 46.4 Å². The number of piperidine rings is 1. The summed E-state index contributed by atoms with van der Waals surface area (Å²) in [6, 6.07) is 10.6. The fourth-order valence-electron chi connectivity index (χ4n) is 3.28. The average molecular weight is 490 g/mol. The SMILES string of the molecule is COc1ccc(Br)cc1S(=O)(=O)c1ccc(C)c(NC2CCN(C)CC2)c1.Cl. The van der Waals surface area contributed by atoms with Gasteiger partial charge in [0.25, 0.3) is 0 Å². The first kappa shape index (κ1) is 23.0. The van der Waals surface area contributed by atoms with Gasteiger partial charge in [0.05, 0.1) is 12.0 Å². The van der Waals surface area contributed by atoms with Gasteiger partial charge in [-0.2, -0.15) is 0 Å². The van der Waals surface area contributed by atoms with Gasteiger partial charge in [0.15, 0.2) is 0 Å². The molecule has 1 heterocycles. The minimum atomic E-state index is -3.70. The standard InChI is InChI=1S/C20H25BrN2O3S.ClH/c1-14-4-6-17(13-18(14)22-16-8-10-23(2)11-9-16)27(24,25)20-12-15(21)5-7-19(20)26-3;/h4-7,12-13,16,22H,8-11H2,1-3H3;1H. The van der Waals surface area contributed by atoms with E-state index in [1.54, 1.807) is 30.3 Å². The van der Waals surface area contributed by atoms with Gasteiger partial charge >= 0.3 is 0 Å². The van der Waals surface area contributed by atoms with Gasteiger partial charge in [0.1, 0.15) is 10.6 Å². The van der Waals surface area contributed by atoms with Gasteiger partial charge in [-0.3, -0.25) is 0 Å². The molecule has 1 N–H and O–H groups in total. The van der Waals surface area contributed by atoms with E-state index >= 15 is 0 Å². The number of nitrogens with zero attached hydrogens (tertiary/aromatic N) is 1. The van der Waals surface area contributed by atoms with Crippen LogP contribution in [0.3, 0.4) is 0 Å². The Labute approximate surface area is 181 Å². The molecule has 0 saturated carbocycles. The highest BCUT2D eigenvalue weighted by molar-refractivity contribution is 9.10. The highest BCUT2D eigenvalue weighted by atomic mass is 79.9. The molecule has 1 aliphatic rings. The predicted octanol–water partition coefficient (Wildman–Crippen LogP) is 4.53. The average Bonchev–Trinajstić information content (AvgIpc) is 2.65. The van der Waals surface area contributed by atoms with E-state index in [9.17, 15) is 8.42 Å². The van der Waals surface area contributed by atoms with Crippen molar-refractivity contribution in [2.24, 2.45) is 0 Å². The van der Waals surface area contributed by atoms with Crippen LogP contribution in [-0.2, 0) is 9.84 Å². The zero-order valence-corrected chi connectivity index (χ0v) is 19.5. The molecule has 0 radical (unpaired) electrons. The number of aryl methyl sites for hydroxylation is 1. The smallest absolute Gasteiger partial charge is 0.210 e. The van der Waals surface area contributed by atoms with Crippen LogP contribution in [0.2, 0.25) is 0 Å². The molecule has 0 aromatic heterocycles. The number of nitrogens with one attached hydrogen (secondary N) is 1. The van der Waals surface area contributed by atoms with E-state index in [2.05, 4.69) is 33.2 Å². The van der Waals surface area contributed by atoms with Crippen molar-refractivity contribution >= 4 is 43.9 Å². The fourth-order valence-corrected chi connectivity index (χ4v) is 5.27. The molecule has 5 nitrogen and oxygen atoms in total. The van der Waals surface area contributed by atoms with Crippen molar-refractivity contribution < 1.29 is 13.2 Å². The van der Waals surface area contributed by atoms with Crippen LogP contribution >= 0.6 is 28.3 Å². The summed E-state index contributed by atoms with van der Waals surface area (Å²) in [5.41, 5.74) is 1.91. The van der Waals surface area contributed by atoms with E-state index in [4.69, 9.17) is 4.74 Å². The van der Waals surface area contributed by atoms with E-state index < -0.39 is 9.84 Å². The normalized spacial score (nSPS) is 15.7. The van der Waals surface area contributed by atoms with Crippen molar-refractivity contribution in [2.75, 3.05) is 32.6 Å². The summed E-state index contributed by atoms with van der Waals surface area (Å²) in [7, 11) is -0.0946. The van der Waals surface area contributed by atoms with Crippen LogP contribution in [0.1, 0.15) is 18.4 Å². The summed E-state index contributed by atoms with van der Waals surface area (Å²) in [5, 5.41) is 3.54. The lowest BCUT2D eigenvalue weighted by Crippen LogP contribution is -2.36. The van der Waals surface area contributed by atoms with Gasteiger partial charge in [-0.25, -0.2) is 8.42 Å². The van der Waals surface area contributed by atoms with Crippen LogP contribution in [0.25, 0.3) is 0 Å². The molecule has 0 atom stereocenters. The molecule has 0 unspecified atom stereocenters. The van der Waals surface area contributed by atoms with Crippen LogP contribution in [0.4, 0.5) is 5.69 Å². The molecule has 1 saturated heterocycles. The summed E-state index contributed by atoms with van der Waals surface area (Å²) >= 11 is 3.35. The number of sulfone groups is 1. The molecule has 154 valence electrons. The van der Waals surface area contributed by atoms with Crippen molar-refractivity contribution in [3.63, 3.8) is 0 Å². The first-order valence-corrected chi connectivity index (χ1v) is 11.2. The molecule has 1 fully saturated rings. The molecular formula is C20H26BrClN2O3S. The lowest BCUT2D eigenvalue weighted by Gasteiger charge is -2.30. The molecule has 2 aromatic rings. The van der Waals surface area contributed by atoms with Gasteiger partial charge in [-0.05, 0) is 75.8 Å². The van der Waals surface area contributed by atoms with Gasteiger partial charge < -0.3 is 15.0 Å². The molecule has 3 rings (SSSR count). The summed E-state index contributed by atoms with van der Waals surface area (Å²) in [6.07, 6.45) is 2.10. The minimum Gasteiger partial charge on any atom is -0.495 e. The second kappa shape index (κ2) is 9.48. The van der Waals surface area contributed by atoms with E-state index in [0.29, 0.717) is 16.3 Å².